The molecule has 4 nitrogen and oxygen atoms in total. The topological polar surface area (TPSA) is 51.0 Å². The molecular weight excluding hydrogens is 325 g/mol. The summed E-state index contributed by atoms with van der Waals surface area (Å²) < 4.78 is 19.2. The van der Waals surface area contributed by atoms with Gasteiger partial charge in [-0.15, -0.1) is 0 Å². The van der Waals surface area contributed by atoms with Gasteiger partial charge >= 0.3 is 0 Å². The molecule has 1 N–H and O–H groups in total. The molecule has 0 saturated carbocycles. The third-order valence-corrected chi connectivity index (χ3v) is 3.17. The molecule has 108 valence electrons. The summed E-state index contributed by atoms with van der Waals surface area (Å²) in [5.41, 5.74) is 0.604. The largest absolute Gasteiger partial charge is 0.339 e. The van der Waals surface area contributed by atoms with E-state index in [0.717, 1.165) is 13.0 Å². The Morgan fingerprint density at radius 3 is 2.85 bits per heavy atom. The Morgan fingerprint density at radius 1 is 1.35 bits per heavy atom. The van der Waals surface area contributed by atoms with Crippen molar-refractivity contribution < 1.29 is 8.91 Å². The Kier molecular flexibility index (Phi) is 5.25. The van der Waals surface area contributed by atoms with E-state index in [4.69, 9.17) is 4.52 Å². The molecule has 0 aliphatic rings. The fourth-order valence-corrected chi connectivity index (χ4v) is 2.25. The summed E-state index contributed by atoms with van der Waals surface area (Å²) in [6.07, 6.45) is 1.63. The molecule has 1 aromatic heterocycles. The lowest BCUT2D eigenvalue weighted by Gasteiger charge is -2.05. The summed E-state index contributed by atoms with van der Waals surface area (Å²) in [6, 6.07) is 5.01. The van der Waals surface area contributed by atoms with E-state index < -0.39 is 0 Å². The van der Waals surface area contributed by atoms with Gasteiger partial charge in [-0.25, -0.2) is 4.39 Å². The zero-order valence-electron chi connectivity index (χ0n) is 11.5. The van der Waals surface area contributed by atoms with E-state index in [1.54, 1.807) is 6.07 Å². The van der Waals surface area contributed by atoms with E-state index in [0.29, 0.717) is 34.2 Å². The molecule has 0 radical (unpaired) electrons. The number of hydrogen-bond donors (Lipinski definition) is 1. The fourth-order valence-electron chi connectivity index (χ4n) is 1.79. The van der Waals surface area contributed by atoms with Crippen molar-refractivity contribution in [3.05, 3.63) is 34.4 Å². The van der Waals surface area contributed by atoms with E-state index in [1.807, 2.05) is 0 Å². The zero-order valence-corrected chi connectivity index (χ0v) is 13.1. The minimum absolute atomic E-state index is 0.332. The first kappa shape index (κ1) is 15.1. The van der Waals surface area contributed by atoms with Crippen LogP contribution in [0, 0.1) is 5.82 Å². The van der Waals surface area contributed by atoms with Gasteiger partial charge in [0.25, 0.3) is 0 Å². The van der Waals surface area contributed by atoms with Crippen molar-refractivity contribution in [2.24, 2.45) is 0 Å². The molecule has 2 aromatic rings. The normalized spacial score (nSPS) is 11.2. The molecule has 0 atom stereocenters. The predicted octanol–water partition coefficient (Wildman–Crippen LogP) is 3.57. The molecule has 0 fully saturated rings. The molecule has 2 rings (SSSR count). The molecule has 1 aromatic carbocycles. The first-order chi connectivity index (χ1) is 9.54. The van der Waals surface area contributed by atoms with Gasteiger partial charge in [-0.3, -0.25) is 0 Å². The van der Waals surface area contributed by atoms with Crippen molar-refractivity contribution in [3.63, 3.8) is 0 Å². The van der Waals surface area contributed by atoms with E-state index >= 15 is 0 Å². The van der Waals surface area contributed by atoms with Gasteiger partial charge in [0.15, 0.2) is 0 Å². The van der Waals surface area contributed by atoms with Gasteiger partial charge in [-0.1, -0.05) is 34.9 Å². The van der Waals surface area contributed by atoms with Crippen molar-refractivity contribution in [2.45, 2.75) is 32.7 Å². The van der Waals surface area contributed by atoms with Crippen LogP contribution in [0.4, 0.5) is 4.39 Å². The molecule has 0 amide bonds. The van der Waals surface area contributed by atoms with Crippen molar-refractivity contribution in [1.29, 1.82) is 0 Å². The molecule has 0 spiro atoms. The molecule has 20 heavy (non-hydrogen) atoms. The summed E-state index contributed by atoms with van der Waals surface area (Å²) in [5.74, 6) is 0.657. The second-order valence-corrected chi connectivity index (χ2v) is 5.80. The highest BCUT2D eigenvalue weighted by molar-refractivity contribution is 9.10. The van der Waals surface area contributed by atoms with E-state index in [1.165, 1.54) is 12.1 Å². The molecule has 0 saturated heterocycles. The third kappa shape index (κ3) is 4.38. The molecule has 0 unspecified atom stereocenters. The highest BCUT2D eigenvalue weighted by Crippen LogP contribution is 2.22. The van der Waals surface area contributed by atoms with Gasteiger partial charge in [0.1, 0.15) is 5.82 Å². The summed E-state index contributed by atoms with van der Waals surface area (Å²) >= 11 is 3.25. The lowest BCUT2D eigenvalue weighted by molar-refractivity contribution is 0.374. The van der Waals surface area contributed by atoms with Crippen LogP contribution in [0.3, 0.4) is 0 Å². The Morgan fingerprint density at radius 2 is 2.15 bits per heavy atom. The molecule has 0 aliphatic carbocycles. The highest BCUT2D eigenvalue weighted by Gasteiger charge is 2.10. The molecular formula is C14H17BrFN3O. The standard InChI is InChI=1S/C14H17BrFN3O/c1-9(2)17-5-3-4-13-18-14(19-20-13)10-6-11(15)8-12(16)7-10/h6-9,17H,3-5H2,1-2H3. The number of nitrogens with zero attached hydrogens (tertiary/aromatic N) is 2. The minimum Gasteiger partial charge on any atom is -0.339 e. The van der Waals surface area contributed by atoms with Gasteiger partial charge < -0.3 is 9.84 Å². The number of aryl methyl sites for hydroxylation is 1. The lowest BCUT2D eigenvalue weighted by Crippen LogP contribution is -2.23. The van der Waals surface area contributed by atoms with Crippen LogP contribution in [-0.4, -0.2) is 22.7 Å². The summed E-state index contributed by atoms with van der Waals surface area (Å²) in [5, 5.41) is 7.21. The van der Waals surface area contributed by atoms with Crippen molar-refractivity contribution in [3.8, 4) is 11.4 Å². The molecule has 0 aliphatic heterocycles. The van der Waals surface area contributed by atoms with Crippen LogP contribution in [-0.2, 0) is 6.42 Å². The maximum Gasteiger partial charge on any atom is 0.227 e. The van der Waals surface area contributed by atoms with Crippen LogP contribution in [0.15, 0.2) is 27.2 Å². The molecule has 0 bridgehead atoms. The van der Waals surface area contributed by atoms with Crippen molar-refractivity contribution in [2.75, 3.05) is 6.54 Å². The smallest absolute Gasteiger partial charge is 0.227 e. The number of rotatable bonds is 6. The minimum atomic E-state index is -0.332. The SMILES string of the molecule is CC(C)NCCCc1nc(-c2cc(F)cc(Br)c2)no1. The van der Waals surface area contributed by atoms with Gasteiger partial charge in [-0.05, 0) is 31.2 Å². The monoisotopic (exact) mass is 341 g/mol. The first-order valence-corrected chi connectivity index (χ1v) is 7.36. The Balaban J connectivity index is 1.98. The maximum absolute atomic E-state index is 13.3. The van der Waals surface area contributed by atoms with Crippen molar-refractivity contribution >= 4 is 15.9 Å². The highest BCUT2D eigenvalue weighted by atomic mass is 79.9. The van der Waals surface area contributed by atoms with Crippen LogP contribution in [0.25, 0.3) is 11.4 Å². The maximum atomic E-state index is 13.3. The second kappa shape index (κ2) is 6.95. The summed E-state index contributed by atoms with van der Waals surface area (Å²) in [7, 11) is 0. The summed E-state index contributed by atoms with van der Waals surface area (Å²) in [4.78, 5) is 4.29. The predicted molar refractivity (Wildman–Crippen MR) is 78.9 cm³/mol. The fraction of sp³-hybridized carbons (Fsp3) is 0.429. The van der Waals surface area contributed by atoms with E-state index in [-0.39, 0.29) is 5.82 Å². The van der Waals surface area contributed by atoms with Crippen LogP contribution in [0.5, 0.6) is 0 Å². The number of aromatic nitrogens is 2. The van der Waals surface area contributed by atoms with Crippen LogP contribution < -0.4 is 5.32 Å². The average Bonchev–Trinajstić information content (AvgIpc) is 2.82. The second-order valence-electron chi connectivity index (χ2n) is 4.88. The summed E-state index contributed by atoms with van der Waals surface area (Å²) in [6.45, 7) is 5.11. The van der Waals surface area contributed by atoms with Crippen LogP contribution in [0.2, 0.25) is 0 Å². The van der Waals surface area contributed by atoms with Gasteiger partial charge in [-0.2, -0.15) is 4.98 Å². The first-order valence-electron chi connectivity index (χ1n) is 6.57. The van der Waals surface area contributed by atoms with Crippen molar-refractivity contribution in [1.82, 2.24) is 15.5 Å². The number of halogens is 2. The molecule has 1 heterocycles. The van der Waals surface area contributed by atoms with Gasteiger partial charge in [0, 0.05) is 22.5 Å². The Bertz CT molecular complexity index is 551. The number of hydrogen-bond acceptors (Lipinski definition) is 4. The van der Waals surface area contributed by atoms with Crippen LogP contribution >= 0.6 is 15.9 Å². The molecule has 6 heteroatoms. The quantitative estimate of drug-likeness (QED) is 0.816. The Hall–Kier alpha value is -1.27. The van der Waals surface area contributed by atoms with E-state index in [2.05, 4.69) is 45.2 Å². The zero-order chi connectivity index (χ0) is 14.5. The third-order valence-electron chi connectivity index (χ3n) is 2.71. The van der Waals surface area contributed by atoms with Gasteiger partial charge in [0.05, 0.1) is 0 Å². The van der Waals surface area contributed by atoms with E-state index in [9.17, 15) is 4.39 Å². The Labute approximate surface area is 125 Å². The average molecular weight is 342 g/mol. The number of benzene rings is 1. The van der Waals surface area contributed by atoms with Gasteiger partial charge in [0.2, 0.25) is 11.7 Å². The van der Waals surface area contributed by atoms with Crippen LogP contribution in [0.1, 0.15) is 26.2 Å². The number of nitrogens with one attached hydrogen (secondary N) is 1. The lowest BCUT2D eigenvalue weighted by atomic mass is 10.2.